The number of rotatable bonds is 26. The van der Waals surface area contributed by atoms with Crippen LogP contribution in [0.25, 0.3) is 22.3 Å². The molecule has 2 aromatic carbocycles. The molecule has 1 aliphatic rings. The molecule has 0 saturated heterocycles. The summed E-state index contributed by atoms with van der Waals surface area (Å²) in [7, 11) is 0. The number of benzene rings is 2. The fraction of sp³-hybridized carbons (Fsp3) is 0.448. The van der Waals surface area contributed by atoms with Gasteiger partial charge in [-0.15, -0.1) is 0 Å². The molecule has 0 spiro atoms. The summed E-state index contributed by atoms with van der Waals surface area (Å²) in [4.78, 5) is 14.8. The van der Waals surface area contributed by atoms with Gasteiger partial charge in [0.25, 0.3) is 0 Å². The van der Waals surface area contributed by atoms with Gasteiger partial charge in [-0.25, -0.2) is 0 Å². The molecule has 8 heteroatoms. The van der Waals surface area contributed by atoms with Crippen LogP contribution < -0.4 is 21.4 Å². The third kappa shape index (κ3) is 12.6. The van der Waals surface area contributed by atoms with Crippen molar-refractivity contribution in [3.8, 4) is 23.0 Å². The van der Waals surface area contributed by atoms with E-state index >= 15 is 0 Å². The molecule has 8 bridgehead atoms. The second-order valence-corrected chi connectivity index (χ2v) is 18.8. The quantitative estimate of drug-likeness (QED) is 0.0256. The average Bonchev–Trinajstić information content (AvgIpc) is 4.15. The Morgan fingerprint density at radius 2 is 0.758 bits per heavy atom. The van der Waals surface area contributed by atoms with Crippen LogP contribution >= 0.6 is 0 Å². The predicted octanol–water partition coefficient (Wildman–Crippen LogP) is 12.4. The van der Waals surface area contributed by atoms with Gasteiger partial charge >= 0.3 is 0 Å². The minimum absolute atomic E-state index is 0.0863. The van der Waals surface area contributed by atoms with Crippen LogP contribution in [0.3, 0.4) is 0 Å². The van der Waals surface area contributed by atoms with Crippen molar-refractivity contribution in [1.29, 1.82) is 0 Å². The number of aromatic hydroxyl groups is 4. The Bertz CT molecular complexity index is 2710. The lowest BCUT2D eigenvalue weighted by molar-refractivity contribution is 0.406. The Hall–Kier alpha value is -5.76. The SMILES string of the molecule is CCCCCCCCCCCCCC1=c2ccc([nH]2)=C(CCCCCCCCCCCCC)c2[nH]c(c(O)c2O)C(c2cccc(O)c2)=c2ccc([nH]2)=C(c2cccc(O)c2)c2ccc1[nH]2. The van der Waals surface area contributed by atoms with E-state index in [0.29, 0.717) is 34.3 Å². The molecule has 0 radical (unpaired) electrons. The van der Waals surface area contributed by atoms with E-state index in [1.165, 1.54) is 128 Å². The number of aromatic amines is 4. The van der Waals surface area contributed by atoms with Gasteiger partial charge in [-0.05, 0) is 103 Å². The van der Waals surface area contributed by atoms with E-state index in [4.69, 9.17) is 0 Å². The van der Waals surface area contributed by atoms with Gasteiger partial charge in [0, 0.05) is 49.5 Å². The van der Waals surface area contributed by atoms with Crippen molar-refractivity contribution in [2.24, 2.45) is 0 Å². The normalized spacial score (nSPS) is 12.8. The Morgan fingerprint density at radius 3 is 1.29 bits per heavy atom. The molecule has 0 amide bonds. The highest BCUT2D eigenvalue weighted by atomic mass is 16.3. The second kappa shape index (κ2) is 24.7. The summed E-state index contributed by atoms with van der Waals surface area (Å²) in [5, 5.41) is 48.8. The number of nitrogens with one attached hydrogen (secondary N) is 4. The number of aromatic nitrogens is 4. The van der Waals surface area contributed by atoms with E-state index < -0.39 is 0 Å². The van der Waals surface area contributed by atoms with E-state index in [2.05, 4.69) is 58.0 Å². The summed E-state index contributed by atoms with van der Waals surface area (Å²) in [6, 6.07) is 26.8. The first kappa shape index (κ1) is 48.2. The number of hydrogen-bond donors (Lipinski definition) is 8. The van der Waals surface area contributed by atoms with Crippen molar-refractivity contribution in [2.75, 3.05) is 0 Å². The number of phenols is 2. The van der Waals surface area contributed by atoms with Crippen LogP contribution in [-0.2, 0) is 0 Å². The van der Waals surface area contributed by atoms with Gasteiger partial charge in [0.15, 0.2) is 11.5 Å². The molecule has 0 fully saturated rings. The van der Waals surface area contributed by atoms with Crippen LogP contribution in [0, 0.1) is 0 Å². The van der Waals surface area contributed by atoms with Crippen molar-refractivity contribution in [3.05, 3.63) is 140 Å². The number of hydrogen-bond acceptors (Lipinski definition) is 4. The van der Waals surface area contributed by atoms with Gasteiger partial charge in [0.1, 0.15) is 11.5 Å². The van der Waals surface area contributed by atoms with Gasteiger partial charge in [-0.2, -0.15) is 0 Å². The lowest BCUT2D eigenvalue weighted by Gasteiger charge is -2.10. The molecule has 66 heavy (non-hydrogen) atoms. The van der Waals surface area contributed by atoms with Crippen molar-refractivity contribution in [2.45, 2.75) is 168 Å². The van der Waals surface area contributed by atoms with E-state index in [9.17, 15) is 20.4 Å². The van der Waals surface area contributed by atoms with Gasteiger partial charge in [0.2, 0.25) is 0 Å². The molecule has 8 nitrogen and oxygen atoms in total. The van der Waals surface area contributed by atoms with E-state index in [0.717, 1.165) is 69.8 Å². The number of fused-ring (bicyclic) bond motifs is 8. The molecule has 0 saturated carbocycles. The summed E-state index contributed by atoms with van der Waals surface area (Å²) < 4.78 is 0. The molecular weight excluding hydrogens is 817 g/mol. The molecule has 4 aromatic heterocycles. The van der Waals surface area contributed by atoms with Gasteiger partial charge in [-0.1, -0.05) is 167 Å². The lowest BCUT2D eigenvalue weighted by Crippen LogP contribution is -2.18. The van der Waals surface area contributed by atoms with Crippen LogP contribution in [0.1, 0.15) is 202 Å². The summed E-state index contributed by atoms with van der Waals surface area (Å²) >= 11 is 0. The largest absolute Gasteiger partial charge is 0.508 e. The first-order chi connectivity index (χ1) is 32.4. The maximum Gasteiger partial charge on any atom is 0.184 e. The average molecular weight is 893 g/mol. The van der Waals surface area contributed by atoms with Crippen LogP contribution in [0.5, 0.6) is 23.0 Å². The van der Waals surface area contributed by atoms with Crippen LogP contribution in [0.2, 0.25) is 0 Å². The van der Waals surface area contributed by atoms with Crippen molar-refractivity contribution >= 4 is 22.3 Å². The Labute approximate surface area is 392 Å². The first-order valence-electron chi connectivity index (χ1n) is 25.6. The van der Waals surface area contributed by atoms with E-state index in [1.54, 1.807) is 30.3 Å². The lowest BCUT2D eigenvalue weighted by atomic mass is 10.0. The summed E-state index contributed by atoms with van der Waals surface area (Å²) in [5.74, 6) is -0.191. The minimum Gasteiger partial charge on any atom is -0.508 e. The monoisotopic (exact) mass is 893 g/mol. The number of phenolic OH excluding ortho intramolecular Hbond substituents is 2. The van der Waals surface area contributed by atoms with E-state index in [-0.39, 0.29) is 23.0 Å². The molecular formula is C58H76N4O4. The molecule has 7 rings (SSSR count). The van der Waals surface area contributed by atoms with Crippen LogP contribution in [-0.4, -0.2) is 40.4 Å². The van der Waals surface area contributed by atoms with Gasteiger partial charge in [0.05, 0.1) is 11.4 Å². The molecule has 0 unspecified atom stereocenters. The molecule has 0 aliphatic carbocycles. The zero-order valence-electron chi connectivity index (χ0n) is 39.8. The maximum atomic E-state index is 12.0. The fourth-order valence-electron chi connectivity index (χ4n) is 9.98. The van der Waals surface area contributed by atoms with Crippen LogP contribution in [0.15, 0.2) is 84.9 Å². The molecule has 8 N–H and O–H groups in total. The summed E-state index contributed by atoms with van der Waals surface area (Å²) in [5.41, 5.74) is 7.83. The third-order valence-corrected chi connectivity index (χ3v) is 13.7. The first-order valence-corrected chi connectivity index (χ1v) is 25.6. The van der Waals surface area contributed by atoms with Gasteiger partial charge in [-0.3, -0.25) is 0 Å². The second-order valence-electron chi connectivity index (χ2n) is 18.8. The fourth-order valence-corrected chi connectivity index (χ4v) is 9.98. The van der Waals surface area contributed by atoms with Crippen LogP contribution in [0.4, 0.5) is 0 Å². The highest BCUT2D eigenvalue weighted by Gasteiger charge is 2.25. The minimum atomic E-state index is -0.249. The highest BCUT2D eigenvalue weighted by Crippen LogP contribution is 2.42. The van der Waals surface area contributed by atoms with Crippen molar-refractivity contribution < 1.29 is 20.4 Å². The molecule has 6 aromatic rings. The van der Waals surface area contributed by atoms with Gasteiger partial charge < -0.3 is 40.4 Å². The van der Waals surface area contributed by atoms with Crippen molar-refractivity contribution in [3.63, 3.8) is 0 Å². The molecule has 352 valence electrons. The smallest absolute Gasteiger partial charge is 0.184 e. The molecule has 0 atom stereocenters. The number of H-pyrrole nitrogens is 4. The number of unbranched alkanes of at least 4 members (excludes halogenated alkanes) is 20. The Balaban J connectivity index is 1.29. The zero-order chi connectivity index (χ0) is 46.1. The third-order valence-electron chi connectivity index (χ3n) is 13.7. The maximum absolute atomic E-state index is 12.0. The highest BCUT2D eigenvalue weighted by molar-refractivity contribution is 5.86. The van der Waals surface area contributed by atoms with E-state index in [1.807, 2.05) is 30.3 Å². The Kier molecular flexibility index (Phi) is 18.0. The Morgan fingerprint density at radius 1 is 0.348 bits per heavy atom. The summed E-state index contributed by atoms with van der Waals surface area (Å²) in [6.45, 7) is 4.54. The van der Waals surface area contributed by atoms with Crippen molar-refractivity contribution in [1.82, 2.24) is 19.9 Å². The topological polar surface area (TPSA) is 144 Å². The summed E-state index contributed by atoms with van der Waals surface area (Å²) in [6.07, 6.45) is 29.4. The standard InChI is InChI=1S/C58H76N4O4/c1-3-5-7-9-11-13-15-17-19-21-23-31-45-47-33-34-49(59-47)46(32-24-22-20-18-16-14-12-10-8-6-4-2)55-57(65)58(66)56(62-55)54(42-28-26-30-44(64)40-42)52-38-37-51(61-52)53(50-36-35-48(45)60-50)41-27-25-29-43(63)39-41/h25-30,33-40,59-66H,3-24,31-32H2,1-2H3. The molecule has 1 aliphatic heterocycles. The zero-order valence-corrected chi connectivity index (χ0v) is 39.8. The predicted molar refractivity (Wildman–Crippen MR) is 272 cm³/mol. The molecule has 5 heterocycles.